The second-order valence-electron chi connectivity index (χ2n) is 6.76. The molecule has 1 aliphatic rings. The van der Waals surface area contributed by atoms with Gasteiger partial charge in [-0.25, -0.2) is 14.4 Å². The molecular weight excluding hydrogens is 375 g/mol. The first-order chi connectivity index (χ1) is 14.1. The van der Waals surface area contributed by atoms with Crippen LogP contribution in [0.1, 0.15) is 12.1 Å². The molecule has 4 rings (SSSR count). The molecule has 2 aromatic heterocycles. The zero-order valence-corrected chi connectivity index (χ0v) is 16.2. The number of methoxy groups -OCH3 is 2. The molecule has 8 heteroatoms. The molecule has 1 aromatic carbocycles. The summed E-state index contributed by atoms with van der Waals surface area (Å²) in [5, 5.41) is 0.783. The van der Waals surface area contributed by atoms with Crippen LogP contribution in [-0.4, -0.2) is 59.7 Å². The number of hydrogen-bond acceptors (Lipinski definition) is 5. The number of nitrogens with one attached hydrogen (secondary N) is 1. The topological polar surface area (TPSA) is 80.3 Å². The standard InChI is InChI=1S/C21H21FN4O3/c1-28-11-19(27)26-7-5-13(6-8-26)17-10-16-20(23-12-24-21(16)25-17)15-9-14(22)3-4-18(15)29-2/h3-5,9-10,12H,6-8,11H2,1-2H3,(H,23,24,25). The summed E-state index contributed by atoms with van der Waals surface area (Å²) in [6, 6.07) is 6.31. The minimum Gasteiger partial charge on any atom is -0.496 e. The highest BCUT2D eigenvalue weighted by atomic mass is 19.1. The maximum absolute atomic E-state index is 13.9. The molecule has 3 heterocycles. The number of aromatic amines is 1. The minimum absolute atomic E-state index is 0.0224. The van der Waals surface area contributed by atoms with Gasteiger partial charge >= 0.3 is 0 Å². The first-order valence-corrected chi connectivity index (χ1v) is 9.24. The number of carbonyl (C=O) groups is 1. The number of aromatic nitrogens is 3. The van der Waals surface area contributed by atoms with Crippen LogP contribution < -0.4 is 4.74 Å². The van der Waals surface area contributed by atoms with Gasteiger partial charge in [-0.2, -0.15) is 0 Å². The molecule has 0 spiro atoms. The van der Waals surface area contributed by atoms with Crippen molar-refractivity contribution >= 4 is 22.5 Å². The lowest BCUT2D eigenvalue weighted by molar-refractivity contribution is -0.134. The van der Waals surface area contributed by atoms with Gasteiger partial charge in [-0.15, -0.1) is 0 Å². The van der Waals surface area contributed by atoms with Gasteiger partial charge in [0.2, 0.25) is 5.91 Å². The van der Waals surface area contributed by atoms with Crippen molar-refractivity contribution < 1.29 is 18.7 Å². The number of ether oxygens (including phenoxy) is 2. The number of amides is 1. The Labute approximate surface area is 167 Å². The lowest BCUT2D eigenvalue weighted by atomic mass is 10.0. The summed E-state index contributed by atoms with van der Waals surface area (Å²) < 4.78 is 24.2. The Bertz CT molecular complexity index is 1090. The largest absolute Gasteiger partial charge is 0.496 e. The molecule has 0 aliphatic carbocycles. The number of halogens is 1. The smallest absolute Gasteiger partial charge is 0.248 e. The lowest BCUT2D eigenvalue weighted by Gasteiger charge is -2.26. The van der Waals surface area contributed by atoms with Gasteiger partial charge in [-0.05, 0) is 36.3 Å². The van der Waals surface area contributed by atoms with Crippen molar-refractivity contribution in [2.24, 2.45) is 0 Å². The van der Waals surface area contributed by atoms with Gasteiger partial charge in [0, 0.05) is 36.8 Å². The van der Waals surface area contributed by atoms with Gasteiger partial charge in [0.25, 0.3) is 0 Å². The Morgan fingerprint density at radius 2 is 2.14 bits per heavy atom. The van der Waals surface area contributed by atoms with E-state index in [0.29, 0.717) is 42.2 Å². The Kier molecular flexibility index (Phi) is 5.26. The van der Waals surface area contributed by atoms with Crippen LogP contribution in [0.25, 0.3) is 27.9 Å². The summed E-state index contributed by atoms with van der Waals surface area (Å²) in [6.45, 7) is 1.24. The summed E-state index contributed by atoms with van der Waals surface area (Å²) >= 11 is 0. The molecule has 1 amide bonds. The van der Waals surface area contributed by atoms with Crippen LogP contribution in [0.5, 0.6) is 5.75 Å². The van der Waals surface area contributed by atoms with E-state index < -0.39 is 0 Å². The SMILES string of the molecule is COCC(=O)N1CC=C(c2cc3c(-c4cc(F)ccc4OC)ncnc3[nH]2)CC1. The monoisotopic (exact) mass is 396 g/mol. The first kappa shape index (κ1) is 19.1. The van der Waals surface area contributed by atoms with Crippen molar-refractivity contribution in [2.45, 2.75) is 6.42 Å². The molecule has 0 unspecified atom stereocenters. The fourth-order valence-corrected chi connectivity index (χ4v) is 3.55. The van der Waals surface area contributed by atoms with Crippen molar-refractivity contribution in [3.63, 3.8) is 0 Å². The summed E-state index contributed by atoms with van der Waals surface area (Å²) in [7, 11) is 3.06. The number of benzene rings is 1. The summed E-state index contributed by atoms with van der Waals surface area (Å²) in [5.74, 6) is 0.156. The summed E-state index contributed by atoms with van der Waals surface area (Å²) in [4.78, 5) is 25.7. The van der Waals surface area contributed by atoms with Crippen molar-refractivity contribution in [3.05, 3.63) is 48.2 Å². The molecule has 0 bridgehead atoms. The van der Waals surface area contributed by atoms with E-state index in [-0.39, 0.29) is 18.3 Å². The maximum atomic E-state index is 13.9. The number of H-pyrrole nitrogens is 1. The molecule has 29 heavy (non-hydrogen) atoms. The fourth-order valence-electron chi connectivity index (χ4n) is 3.55. The number of rotatable bonds is 5. The van der Waals surface area contributed by atoms with E-state index in [0.717, 1.165) is 16.7 Å². The number of nitrogens with zero attached hydrogens (tertiary/aromatic N) is 3. The van der Waals surface area contributed by atoms with Gasteiger partial charge in [-0.1, -0.05) is 6.08 Å². The zero-order valence-electron chi connectivity index (χ0n) is 16.2. The Morgan fingerprint density at radius 1 is 1.28 bits per heavy atom. The fraction of sp³-hybridized carbons (Fsp3) is 0.286. The molecule has 150 valence electrons. The third-order valence-corrected chi connectivity index (χ3v) is 5.02. The Balaban J connectivity index is 1.69. The normalized spacial score (nSPS) is 14.2. The molecule has 0 radical (unpaired) electrons. The number of carbonyl (C=O) groups excluding carboxylic acids is 1. The van der Waals surface area contributed by atoms with E-state index in [2.05, 4.69) is 15.0 Å². The summed E-state index contributed by atoms with van der Waals surface area (Å²) in [6.07, 6.45) is 4.19. The third kappa shape index (κ3) is 3.71. The molecule has 1 N–H and O–H groups in total. The van der Waals surface area contributed by atoms with Crippen LogP contribution in [0, 0.1) is 5.82 Å². The second-order valence-corrected chi connectivity index (χ2v) is 6.76. The highest BCUT2D eigenvalue weighted by Crippen LogP contribution is 2.35. The predicted octanol–water partition coefficient (Wildman–Crippen LogP) is 3.03. The van der Waals surface area contributed by atoms with Gasteiger partial charge in [0.15, 0.2) is 0 Å². The van der Waals surface area contributed by atoms with Gasteiger partial charge in [0.05, 0.1) is 12.8 Å². The molecule has 0 fully saturated rings. The van der Waals surface area contributed by atoms with Crippen molar-refractivity contribution in [3.8, 4) is 17.0 Å². The predicted molar refractivity (Wildman–Crippen MR) is 107 cm³/mol. The maximum Gasteiger partial charge on any atom is 0.248 e. The zero-order chi connectivity index (χ0) is 20.4. The van der Waals surface area contributed by atoms with Crippen molar-refractivity contribution in [1.29, 1.82) is 0 Å². The van der Waals surface area contributed by atoms with E-state index in [9.17, 15) is 9.18 Å². The highest BCUT2D eigenvalue weighted by molar-refractivity contribution is 5.94. The number of hydrogen-bond donors (Lipinski definition) is 1. The Morgan fingerprint density at radius 3 is 2.86 bits per heavy atom. The second kappa shape index (κ2) is 8.00. The van der Waals surface area contributed by atoms with E-state index in [1.165, 1.54) is 25.6 Å². The van der Waals surface area contributed by atoms with Crippen molar-refractivity contribution in [1.82, 2.24) is 19.9 Å². The van der Waals surface area contributed by atoms with E-state index >= 15 is 0 Å². The van der Waals surface area contributed by atoms with Crippen LogP contribution in [0.2, 0.25) is 0 Å². The van der Waals surface area contributed by atoms with Crippen LogP contribution >= 0.6 is 0 Å². The average Bonchev–Trinajstić information content (AvgIpc) is 3.18. The molecule has 1 aliphatic heterocycles. The van der Waals surface area contributed by atoms with Crippen molar-refractivity contribution in [2.75, 3.05) is 33.9 Å². The Hall–Kier alpha value is -3.26. The lowest BCUT2D eigenvalue weighted by Crippen LogP contribution is -2.36. The average molecular weight is 396 g/mol. The van der Waals surface area contributed by atoms with E-state index in [1.54, 1.807) is 18.1 Å². The van der Waals surface area contributed by atoms with Crippen LogP contribution in [-0.2, 0) is 9.53 Å². The van der Waals surface area contributed by atoms with Crippen LogP contribution in [0.15, 0.2) is 36.7 Å². The molecule has 7 nitrogen and oxygen atoms in total. The highest BCUT2D eigenvalue weighted by Gasteiger charge is 2.20. The third-order valence-electron chi connectivity index (χ3n) is 5.02. The molecule has 3 aromatic rings. The van der Waals surface area contributed by atoms with Gasteiger partial charge < -0.3 is 19.4 Å². The van der Waals surface area contributed by atoms with E-state index in [1.807, 2.05) is 12.1 Å². The van der Waals surface area contributed by atoms with Gasteiger partial charge in [-0.3, -0.25) is 4.79 Å². The molecular formula is C21H21FN4O3. The first-order valence-electron chi connectivity index (χ1n) is 9.24. The van der Waals surface area contributed by atoms with Crippen LogP contribution in [0.4, 0.5) is 4.39 Å². The van der Waals surface area contributed by atoms with Crippen LogP contribution in [0.3, 0.4) is 0 Å². The number of fused-ring (bicyclic) bond motifs is 1. The van der Waals surface area contributed by atoms with E-state index in [4.69, 9.17) is 9.47 Å². The molecule has 0 atom stereocenters. The minimum atomic E-state index is -0.362. The molecule has 0 saturated heterocycles. The van der Waals surface area contributed by atoms with Gasteiger partial charge in [0.1, 0.15) is 30.1 Å². The summed E-state index contributed by atoms with van der Waals surface area (Å²) in [5.41, 5.74) is 3.84. The quantitative estimate of drug-likeness (QED) is 0.717. The molecule has 0 saturated carbocycles.